The Morgan fingerprint density at radius 2 is 2.38 bits per heavy atom. The topological polar surface area (TPSA) is 21.3 Å². The summed E-state index contributed by atoms with van der Waals surface area (Å²) in [6.07, 6.45) is 9.62. The van der Waals surface area contributed by atoms with Crippen LogP contribution in [0.1, 0.15) is 35.3 Å². The SMILES string of the molecule is C=C/C(=C\C=C/C(C)C)c1cc2c(s1)CCOC2CNC. The Labute approximate surface area is 132 Å². The zero-order chi connectivity index (χ0) is 15.2. The first kappa shape index (κ1) is 16.2. The molecule has 0 amide bonds. The Balaban J connectivity index is 2.26. The molecule has 0 aromatic carbocycles. The molecule has 2 heterocycles. The summed E-state index contributed by atoms with van der Waals surface area (Å²) in [7, 11) is 1.97. The summed E-state index contributed by atoms with van der Waals surface area (Å²) < 4.78 is 5.87. The molecule has 0 aliphatic carbocycles. The summed E-state index contributed by atoms with van der Waals surface area (Å²) in [6, 6.07) is 2.28. The lowest BCUT2D eigenvalue weighted by Crippen LogP contribution is -2.24. The average Bonchev–Trinajstić information content (AvgIpc) is 2.88. The van der Waals surface area contributed by atoms with Crippen molar-refractivity contribution < 1.29 is 4.74 Å². The van der Waals surface area contributed by atoms with E-state index >= 15 is 0 Å². The Morgan fingerprint density at radius 3 is 3.05 bits per heavy atom. The maximum Gasteiger partial charge on any atom is 0.0960 e. The van der Waals surface area contributed by atoms with Crippen molar-refractivity contribution in [2.24, 2.45) is 5.92 Å². The number of likely N-dealkylation sites (N-methyl/N-ethyl adjacent to an activating group) is 1. The van der Waals surface area contributed by atoms with Gasteiger partial charge < -0.3 is 10.1 Å². The zero-order valence-corrected chi connectivity index (χ0v) is 14.0. The fourth-order valence-electron chi connectivity index (χ4n) is 2.42. The predicted octanol–water partition coefficient (Wildman–Crippen LogP) is 4.36. The van der Waals surface area contributed by atoms with Gasteiger partial charge in [-0.15, -0.1) is 11.3 Å². The van der Waals surface area contributed by atoms with Crippen LogP contribution in [0.25, 0.3) is 5.57 Å². The summed E-state index contributed by atoms with van der Waals surface area (Å²) in [5, 5.41) is 3.21. The van der Waals surface area contributed by atoms with E-state index in [1.54, 1.807) is 0 Å². The summed E-state index contributed by atoms with van der Waals surface area (Å²) in [4.78, 5) is 2.74. The molecule has 1 aliphatic heterocycles. The molecule has 0 radical (unpaired) electrons. The highest BCUT2D eigenvalue weighted by atomic mass is 32.1. The van der Waals surface area contributed by atoms with Crippen molar-refractivity contribution in [2.45, 2.75) is 26.4 Å². The normalized spacial score (nSPS) is 19.2. The van der Waals surface area contributed by atoms with Crippen LogP contribution in [0, 0.1) is 5.92 Å². The van der Waals surface area contributed by atoms with Crippen molar-refractivity contribution in [3.8, 4) is 0 Å². The van der Waals surface area contributed by atoms with E-state index in [-0.39, 0.29) is 6.10 Å². The minimum Gasteiger partial charge on any atom is -0.372 e. The maximum absolute atomic E-state index is 5.87. The van der Waals surface area contributed by atoms with E-state index in [9.17, 15) is 0 Å². The molecule has 3 heteroatoms. The van der Waals surface area contributed by atoms with Crippen molar-refractivity contribution in [3.05, 3.63) is 52.3 Å². The molecule has 0 spiro atoms. The van der Waals surface area contributed by atoms with Crippen LogP contribution in [-0.2, 0) is 11.2 Å². The van der Waals surface area contributed by atoms with Gasteiger partial charge in [-0.3, -0.25) is 0 Å². The van der Waals surface area contributed by atoms with Gasteiger partial charge in [-0.2, -0.15) is 0 Å². The Hall–Kier alpha value is -1.16. The summed E-state index contributed by atoms with van der Waals surface area (Å²) >= 11 is 1.88. The number of rotatable bonds is 6. The van der Waals surface area contributed by atoms with Gasteiger partial charge in [0.05, 0.1) is 12.7 Å². The van der Waals surface area contributed by atoms with Crippen molar-refractivity contribution in [1.29, 1.82) is 0 Å². The quantitative estimate of drug-likeness (QED) is 0.788. The average molecular weight is 303 g/mol. The molecule has 21 heavy (non-hydrogen) atoms. The minimum absolute atomic E-state index is 0.182. The fourth-order valence-corrected chi connectivity index (χ4v) is 3.64. The largest absolute Gasteiger partial charge is 0.372 e. The predicted molar refractivity (Wildman–Crippen MR) is 92.8 cm³/mol. The summed E-state index contributed by atoms with van der Waals surface area (Å²) in [6.45, 7) is 10.0. The van der Waals surface area contributed by atoms with Gasteiger partial charge >= 0.3 is 0 Å². The van der Waals surface area contributed by atoms with Crippen LogP contribution in [-0.4, -0.2) is 20.2 Å². The lowest BCUT2D eigenvalue weighted by molar-refractivity contribution is 0.0451. The van der Waals surface area contributed by atoms with Gasteiger partial charge in [-0.1, -0.05) is 44.7 Å². The maximum atomic E-state index is 5.87. The molecule has 0 fully saturated rings. The fraction of sp³-hybridized carbons (Fsp3) is 0.444. The van der Waals surface area contributed by atoms with Crippen LogP contribution in [0.2, 0.25) is 0 Å². The molecule has 0 saturated heterocycles. The van der Waals surface area contributed by atoms with Crippen LogP contribution >= 0.6 is 11.3 Å². The van der Waals surface area contributed by atoms with Crippen LogP contribution in [0.15, 0.2) is 36.9 Å². The molecule has 1 aromatic heterocycles. The second-order valence-corrected chi connectivity index (χ2v) is 6.75. The van der Waals surface area contributed by atoms with E-state index in [2.05, 4.69) is 50.0 Å². The van der Waals surface area contributed by atoms with Crippen LogP contribution in [0.4, 0.5) is 0 Å². The Bertz CT molecular complexity index is 539. The standard InChI is InChI=1S/C18H25NOS/c1-5-14(8-6-7-13(2)3)18-11-15-16(12-19-4)20-10-9-17(15)21-18/h5-8,11,13,16,19H,1,9-10,12H2,2-4H3/b7-6-,14-8+. The van der Waals surface area contributed by atoms with Crippen molar-refractivity contribution in [2.75, 3.05) is 20.2 Å². The highest BCUT2D eigenvalue weighted by Crippen LogP contribution is 2.36. The van der Waals surface area contributed by atoms with E-state index in [1.165, 1.54) is 20.9 Å². The lowest BCUT2D eigenvalue weighted by atomic mass is 10.0. The molecule has 0 bridgehead atoms. The first-order chi connectivity index (χ1) is 10.2. The monoisotopic (exact) mass is 303 g/mol. The second kappa shape index (κ2) is 7.74. The first-order valence-corrected chi connectivity index (χ1v) is 8.37. The Morgan fingerprint density at radius 1 is 1.57 bits per heavy atom. The zero-order valence-electron chi connectivity index (χ0n) is 13.2. The number of thiophene rings is 1. The molecule has 1 atom stereocenters. The van der Waals surface area contributed by atoms with E-state index in [0.29, 0.717) is 5.92 Å². The van der Waals surface area contributed by atoms with Gasteiger partial charge in [0.2, 0.25) is 0 Å². The number of nitrogens with one attached hydrogen (secondary N) is 1. The third-order valence-corrected chi connectivity index (χ3v) is 4.76. The van der Waals surface area contributed by atoms with Gasteiger partial charge in [0, 0.05) is 22.7 Å². The van der Waals surface area contributed by atoms with Crippen molar-refractivity contribution in [1.82, 2.24) is 5.32 Å². The number of fused-ring (bicyclic) bond motifs is 1. The van der Waals surface area contributed by atoms with Gasteiger partial charge in [0.25, 0.3) is 0 Å². The molecular weight excluding hydrogens is 278 g/mol. The molecule has 114 valence electrons. The summed E-state index contributed by atoms with van der Waals surface area (Å²) in [5.74, 6) is 0.567. The molecule has 1 N–H and O–H groups in total. The van der Waals surface area contributed by atoms with Crippen molar-refractivity contribution >= 4 is 16.9 Å². The molecule has 2 rings (SSSR count). The van der Waals surface area contributed by atoms with Gasteiger partial charge in [0.1, 0.15) is 0 Å². The van der Waals surface area contributed by atoms with Crippen LogP contribution in [0.3, 0.4) is 0 Å². The second-order valence-electron chi connectivity index (χ2n) is 5.61. The summed E-state index contributed by atoms with van der Waals surface area (Å²) in [5.41, 5.74) is 2.53. The number of allylic oxidation sites excluding steroid dienone is 5. The van der Waals surface area contributed by atoms with E-state index in [1.807, 2.05) is 24.5 Å². The molecule has 1 unspecified atom stereocenters. The molecular formula is C18H25NOS. The highest BCUT2D eigenvalue weighted by Gasteiger charge is 2.23. The third-order valence-electron chi connectivity index (χ3n) is 3.50. The van der Waals surface area contributed by atoms with Crippen LogP contribution in [0.5, 0.6) is 0 Å². The van der Waals surface area contributed by atoms with Gasteiger partial charge in [-0.05, 0) is 30.2 Å². The lowest BCUT2D eigenvalue weighted by Gasteiger charge is -2.22. The molecule has 1 aliphatic rings. The third kappa shape index (κ3) is 4.16. The van der Waals surface area contributed by atoms with Crippen LogP contribution < -0.4 is 5.32 Å². The highest BCUT2D eigenvalue weighted by molar-refractivity contribution is 7.13. The minimum atomic E-state index is 0.182. The number of ether oxygens (including phenoxy) is 1. The van der Waals surface area contributed by atoms with E-state index in [0.717, 1.165) is 19.6 Å². The van der Waals surface area contributed by atoms with Gasteiger partial charge in [0.15, 0.2) is 0 Å². The van der Waals surface area contributed by atoms with E-state index < -0.39 is 0 Å². The number of hydrogen-bond acceptors (Lipinski definition) is 3. The first-order valence-electron chi connectivity index (χ1n) is 7.55. The Kier molecular flexibility index (Phi) is 5.97. The van der Waals surface area contributed by atoms with Gasteiger partial charge in [-0.25, -0.2) is 0 Å². The molecule has 2 nitrogen and oxygen atoms in total. The molecule has 0 saturated carbocycles. The smallest absolute Gasteiger partial charge is 0.0960 e. The van der Waals surface area contributed by atoms with E-state index in [4.69, 9.17) is 4.74 Å². The molecule has 1 aromatic rings. The number of hydrogen-bond donors (Lipinski definition) is 1. The van der Waals surface area contributed by atoms with Crippen molar-refractivity contribution in [3.63, 3.8) is 0 Å².